The van der Waals surface area contributed by atoms with E-state index in [0.717, 1.165) is 18.7 Å². The van der Waals surface area contributed by atoms with Crippen LogP contribution >= 0.6 is 0 Å². The van der Waals surface area contributed by atoms with E-state index in [2.05, 4.69) is 22.3 Å². The SMILES string of the molecule is CCc1ncn(CC(=O)NC2CCCCC2C)n1. The summed E-state index contributed by atoms with van der Waals surface area (Å²) >= 11 is 0. The van der Waals surface area contributed by atoms with Crippen LogP contribution in [0.1, 0.15) is 45.4 Å². The van der Waals surface area contributed by atoms with Crippen molar-refractivity contribution in [2.75, 3.05) is 0 Å². The van der Waals surface area contributed by atoms with Crippen LogP contribution < -0.4 is 5.32 Å². The number of carbonyl (C=O) groups excluding carboxylic acids is 1. The molecule has 1 saturated carbocycles. The Morgan fingerprint density at radius 3 is 2.94 bits per heavy atom. The van der Waals surface area contributed by atoms with Gasteiger partial charge >= 0.3 is 0 Å². The van der Waals surface area contributed by atoms with Crippen molar-refractivity contribution in [3.8, 4) is 0 Å². The van der Waals surface area contributed by atoms with Crippen molar-refractivity contribution in [2.45, 2.75) is 58.5 Å². The van der Waals surface area contributed by atoms with E-state index in [1.807, 2.05) is 6.92 Å². The topological polar surface area (TPSA) is 59.8 Å². The minimum absolute atomic E-state index is 0.0429. The molecule has 100 valence electrons. The van der Waals surface area contributed by atoms with Gasteiger partial charge in [-0.25, -0.2) is 9.67 Å². The first-order valence-corrected chi connectivity index (χ1v) is 6.86. The number of aryl methyl sites for hydroxylation is 1. The molecule has 18 heavy (non-hydrogen) atoms. The molecular formula is C13H22N4O. The lowest BCUT2D eigenvalue weighted by Gasteiger charge is -2.29. The smallest absolute Gasteiger partial charge is 0.242 e. The molecular weight excluding hydrogens is 228 g/mol. The van der Waals surface area contributed by atoms with Gasteiger partial charge in [0.25, 0.3) is 0 Å². The second kappa shape index (κ2) is 5.98. The number of hydrogen-bond acceptors (Lipinski definition) is 3. The average Bonchev–Trinajstić information content (AvgIpc) is 2.80. The van der Waals surface area contributed by atoms with E-state index in [0.29, 0.717) is 12.0 Å². The third kappa shape index (κ3) is 3.31. The van der Waals surface area contributed by atoms with E-state index in [1.165, 1.54) is 19.3 Å². The Kier molecular flexibility index (Phi) is 4.33. The van der Waals surface area contributed by atoms with Gasteiger partial charge in [-0.2, -0.15) is 5.10 Å². The zero-order valence-electron chi connectivity index (χ0n) is 11.2. The van der Waals surface area contributed by atoms with Crippen LogP contribution in [0.3, 0.4) is 0 Å². The molecule has 5 nitrogen and oxygen atoms in total. The number of aromatic nitrogens is 3. The number of carbonyl (C=O) groups is 1. The van der Waals surface area contributed by atoms with Crippen molar-refractivity contribution >= 4 is 5.91 Å². The summed E-state index contributed by atoms with van der Waals surface area (Å²) in [5, 5.41) is 7.34. The van der Waals surface area contributed by atoms with Gasteiger partial charge in [0.2, 0.25) is 5.91 Å². The number of nitrogens with one attached hydrogen (secondary N) is 1. The first kappa shape index (κ1) is 13.1. The Labute approximate surface area is 108 Å². The fraction of sp³-hybridized carbons (Fsp3) is 0.769. The number of amides is 1. The van der Waals surface area contributed by atoms with E-state index in [4.69, 9.17) is 0 Å². The van der Waals surface area contributed by atoms with Gasteiger partial charge in [0.05, 0.1) is 0 Å². The molecule has 1 aromatic heterocycles. The molecule has 1 aliphatic carbocycles. The summed E-state index contributed by atoms with van der Waals surface area (Å²) < 4.78 is 1.61. The number of rotatable bonds is 4. The molecule has 2 rings (SSSR count). The highest BCUT2D eigenvalue weighted by molar-refractivity contribution is 5.75. The van der Waals surface area contributed by atoms with Crippen LogP contribution in [0.15, 0.2) is 6.33 Å². The fourth-order valence-corrected chi connectivity index (χ4v) is 2.50. The number of nitrogens with zero attached hydrogens (tertiary/aromatic N) is 3. The lowest BCUT2D eigenvalue weighted by Crippen LogP contribution is -2.42. The quantitative estimate of drug-likeness (QED) is 0.881. The third-order valence-electron chi connectivity index (χ3n) is 3.66. The molecule has 5 heteroatoms. The predicted octanol–water partition coefficient (Wildman–Crippen LogP) is 1.54. The van der Waals surface area contributed by atoms with Crippen LogP contribution in [0, 0.1) is 5.92 Å². The van der Waals surface area contributed by atoms with Crippen molar-refractivity contribution in [1.82, 2.24) is 20.1 Å². The van der Waals surface area contributed by atoms with Gasteiger partial charge in [0.15, 0.2) is 0 Å². The Morgan fingerprint density at radius 1 is 1.50 bits per heavy atom. The highest BCUT2D eigenvalue weighted by Crippen LogP contribution is 2.23. The van der Waals surface area contributed by atoms with Crippen molar-refractivity contribution < 1.29 is 4.79 Å². The van der Waals surface area contributed by atoms with Crippen LogP contribution in [0.5, 0.6) is 0 Å². The normalized spacial score (nSPS) is 23.9. The summed E-state index contributed by atoms with van der Waals surface area (Å²) in [4.78, 5) is 16.0. The summed E-state index contributed by atoms with van der Waals surface area (Å²) in [7, 11) is 0. The molecule has 2 atom stereocenters. The maximum absolute atomic E-state index is 11.9. The molecule has 1 fully saturated rings. The van der Waals surface area contributed by atoms with Crippen molar-refractivity contribution in [3.05, 3.63) is 12.2 Å². The van der Waals surface area contributed by atoms with Gasteiger partial charge in [0.1, 0.15) is 18.7 Å². The van der Waals surface area contributed by atoms with Crippen LogP contribution in [-0.4, -0.2) is 26.7 Å². The highest BCUT2D eigenvalue weighted by atomic mass is 16.2. The van der Waals surface area contributed by atoms with Gasteiger partial charge in [0, 0.05) is 12.5 Å². The van der Waals surface area contributed by atoms with E-state index in [9.17, 15) is 4.79 Å². The maximum Gasteiger partial charge on any atom is 0.242 e. The van der Waals surface area contributed by atoms with Gasteiger partial charge in [-0.15, -0.1) is 0 Å². The van der Waals surface area contributed by atoms with Crippen LogP contribution in [0.25, 0.3) is 0 Å². The summed E-state index contributed by atoms with van der Waals surface area (Å²) in [5.74, 6) is 1.42. The summed E-state index contributed by atoms with van der Waals surface area (Å²) in [6.07, 6.45) is 7.25. The van der Waals surface area contributed by atoms with Crippen molar-refractivity contribution in [1.29, 1.82) is 0 Å². The molecule has 0 saturated heterocycles. The van der Waals surface area contributed by atoms with Crippen molar-refractivity contribution in [3.63, 3.8) is 0 Å². The Bertz CT molecular complexity index is 401. The molecule has 0 aromatic carbocycles. The Morgan fingerprint density at radius 2 is 2.28 bits per heavy atom. The highest BCUT2D eigenvalue weighted by Gasteiger charge is 2.22. The monoisotopic (exact) mass is 250 g/mol. The molecule has 0 radical (unpaired) electrons. The second-order valence-electron chi connectivity index (χ2n) is 5.15. The average molecular weight is 250 g/mol. The van der Waals surface area contributed by atoms with Gasteiger partial charge in [-0.05, 0) is 18.8 Å². The first-order valence-electron chi connectivity index (χ1n) is 6.86. The molecule has 1 amide bonds. The predicted molar refractivity (Wildman–Crippen MR) is 69.0 cm³/mol. The van der Waals surface area contributed by atoms with Gasteiger partial charge < -0.3 is 5.32 Å². The standard InChI is InChI=1S/C13H22N4O/c1-3-12-14-9-17(16-12)8-13(18)15-11-7-5-4-6-10(11)2/h9-11H,3-8H2,1-2H3,(H,15,18). The summed E-state index contributed by atoms with van der Waals surface area (Å²) in [6.45, 7) is 4.49. The molecule has 1 N–H and O–H groups in total. The minimum Gasteiger partial charge on any atom is -0.351 e. The van der Waals surface area contributed by atoms with E-state index >= 15 is 0 Å². The molecule has 1 aliphatic rings. The molecule has 1 heterocycles. The zero-order chi connectivity index (χ0) is 13.0. The lowest BCUT2D eigenvalue weighted by atomic mass is 9.86. The maximum atomic E-state index is 11.9. The molecule has 2 unspecified atom stereocenters. The Balaban J connectivity index is 1.84. The summed E-state index contributed by atoms with van der Waals surface area (Å²) in [5.41, 5.74) is 0. The largest absolute Gasteiger partial charge is 0.351 e. The van der Waals surface area contributed by atoms with E-state index in [1.54, 1.807) is 11.0 Å². The van der Waals surface area contributed by atoms with Crippen LogP contribution in [0.2, 0.25) is 0 Å². The summed E-state index contributed by atoms with van der Waals surface area (Å²) in [6, 6.07) is 0.334. The van der Waals surface area contributed by atoms with E-state index in [-0.39, 0.29) is 12.5 Å². The molecule has 1 aromatic rings. The third-order valence-corrected chi connectivity index (χ3v) is 3.66. The molecule has 0 spiro atoms. The second-order valence-corrected chi connectivity index (χ2v) is 5.15. The van der Waals surface area contributed by atoms with Crippen LogP contribution in [0.4, 0.5) is 0 Å². The minimum atomic E-state index is 0.0429. The number of hydrogen-bond donors (Lipinski definition) is 1. The first-order chi connectivity index (χ1) is 8.69. The van der Waals surface area contributed by atoms with Gasteiger partial charge in [-0.3, -0.25) is 4.79 Å². The lowest BCUT2D eigenvalue weighted by molar-refractivity contribution is -0.123. The molecule has 0 bridgehead atoms. The van der Waals surface area contributed by atoms with Crippen LogP contribution in [-0.2, 0) is 17.8 Å². The Hall–Kier alpha value is -1.39. The zero-order valence-corrected chi connectivity index (χ0v) is 11.2. The molecule has 0 aliphatic heterocycles. The fourth-order valence-electron chi connectivity index (χ4n) is 2.50. The van der Waals surface area contributed by atoms with Gasteiger partial charge in [-0.1, -0.05) is 26.7 Å². The van der Waals surface area contributed by atoms with Crippen molar-refractivity contribution in [2.24, 2.45) is 5.92 Å². The van der Waals surface area contributed by atoms with E-state index < -0.39 is 0 Å².